The van der Waals surface area contributed by atoms with Gasteiger partial charge in [0.25, 0.3) is 0 Å². The molecule has 0 radical (unpaired) electrons. The predicted molar refractivity (Wildman–Crippen MR) is 70.5 cm³/mol. The summed E-state index contributed by atoms with van der Waals surface area (Å²) in [7, 11) is -3.33. The molecule has 1 atom stereocenters. The second kappa shape index (κ2) is 6.61. The summed E-state index contributed by atoms with van der Waals surface area (Å²) in [6.07, 6.45) is 4.46. The first-order valence-electron chi connectivity index (χ1n) is 5.78. The molecule has 100 valence electrons. The summed E-state index contributed by atoms with van der Waals surface area (Å²) in [6.45, 7) is 1.56. The Morgan fingerprint density at radius 2 is 2.12 bits per heavy atom. The average Bonchev–Trinajstić information content (AvgIpc) is 3.08. The third-order valence-electron chi connectivity index (χ3n) is 2.55. The first-order valence-corrected chi connectivity index (χ1v) is 8.82. The maximum absolute atomic E-state index is 11.8. The minimum absolute atomic E-state index is 0.000519. The molecule has 0 saturated heterocycles. The number of sulfonamides is 1. The Kier molecular flexibility index (Phi) is 5.75. The van der Waals surface area contributed by atoms with E-state index >= 15 is 0 Å². The molecule has 1 rings (SSSR count). The Labute approximate surface area is 107 Å². The molecule has 0 aromatic rings. The van der Waals surface area contributed by atoms with E-state index in [0.29, 0.717) is 6.42 Å². The Balaban J connectivity index is 2.54. The molecule has 1 aliphatic rings. The van der Waals surface area contributed by atoms with Gasteiger partial charge in [0.2, 0.25) is 15.9 Å². The van der Waals surface area contributed by atoms with Gasteiger partial charge < -0.3 is 5.32 Å². The quantitative estimate of drug-likeness (QED) is 0.672. The van der Waals surface area contributed by atoms with Crippen molar-refractivity contribution in [2.24, 2.45) is 0 Å². The lowest BCUT2D eigenvalue weighted by Gasteiger charge is -2.17. The minimum Gasteiger partial charge on any atom is -0.352 e. The van der Waals surface area contributed by atoms with Crippen molar-refractivity contribution >= 4 is 27.7 Å². The smallest absolute Gasteiger partial charge is 0.238 e. The lowest BCUT2D eigenvalue weighted by molar-refractivity contribution is -0.122. The topological polar surface area (TPSA) is 75.3 Å². The van der Waals surface area contributed by atoms with Crippen LogP contribution in [0.3, 0.4) is 0 Å². The molecule has 1 aliphatic carbocycles. The Hall–Kier alpha value is -0.270. The van der Waals surface area contributed by atoms with Crippen LogP contribution >= 0.6 is 11.8 Å². The van der Waals surface area contributed by atoms with Gasteiger partial charge in [-0.1, -0.05) is 0 Å². The van der Waals surface area contributed by atoms with Crippen LogP contribution in [0.25, 0.3) is 0 Å². The zero-order valence-corrected chi connectivity index (χ0v) is 11.9. The van der Waals surface area contributed by atoms with Crippen LogP contribution in [0, 0.1) is 0 Å². The first-order chi connectivity index (χ1) is 7.98. The van der Waals surface area contributed by atoms with Crippen molar-refractivity contribution in [1.29, 1.82) is 0 Å². The van der Waals surface area contributed by atoms with Gasteiger partial charge in [-0.05, 0) is 38.2 Å². The summed E-state index contributed by atoms with van der Waals surface area (Å²) in [4.78, 5) is 11.8. The van der Waals surface area contributed by atoms with E-state index in [1.807, 2.05) is 6.26 Å². The lowest BCUT2D eigenvalue weighted by Crippen LogP contribution is -2.48. The van der Waals surface area contributed by atoms with E-state index in [4.69, 9.17) is 0 Å². The standard InChI is InChI=1S/C10H20N2O3S2/c1-3-17(14,15)12-9(6-7-16-2)10(13)11-8-4-5-8/h8-9,12H,3-7H2,1-2H3,(H,11,13). The molecule has 0 bridgehead atoms. The third-order valence-corrected chi connectivity index (χ3v) is 4.60. The molecule has 0 aromatic heterocycles. The van der Waals surface area contributed by atoms with Crippen molar-refractivity contribution in [3.63, 3.8) is 0 Å². The maximum atomic E-state index is 11.8. The number of nitrogens with one attached hydrogen (secondary N) is 2. The number of hydrogen-bond donors (Lipinski definition) is 2. The SMILES string of the molecule is CCS(=O)(=O)NC(CCSC)C(=O)NC1CC1. The number of amides is 1. The fraction of sp³-hybridized carbons (Fsp3) is 0.900. The number of hydrogen-bond acceptors (Lipinski definition) is 4. The van der Waals surface area contributed by atoms with Crippen molar-refractivity contribution < 1.29 is 13.2 Å². The molecular formula is C10H20N2O3S2. The van der Waals surface area contributed by atoms with Gasteiger partial charge in [-0.25, -0.2) is 13.1 Å². The molecule has 1 unspecified atom stereocenters. The summed E-state index contributed by atoms with van der Waals surface area (Å²) in [5, 5.41) is 2.83. The zero-order chi connectivity index (χ0) is 12.9. The number of carbonyl (C=O) groups is 1. The van der Waals surface area contributed by atoms with Crippen LogP contribution in [0.15, 0.2) is 0 Å². The van der Waals surface area contributed by atoms with Crippen LogP contribution in [-0.4, -0.2) is 44.2 Å². The van der Waals surface area contributed by atoms with Crippen molar-refractivity contribution in [3.05, 3.63) is 0 Å². The van der Waals surface area contributed by atoms with E-state index in [-0.39, 0.29) is 17.7 Å². The van der Waals surface area contributed by atoms with Crippen LogP contribution in [0.5, 0.6) is 0 Å². The van der Waals surface area contributed by atoms with Gasteiger partial charge in [0.05, 0.1) is 5.75 Å². The van der Waals surface area contributed by atoms with Gasteiger partial charge in [0.1, 0.15) is 6.04 Å². The van der Waals surface area contributed by atoms with E-state index < -0.39 is 16.1 Å². The van der Waals surface area contributed by atoms with Crippen molar-refractivity contribution in [1.82, 2.24) is 10.0 Å². The van der Waals surface area contributed by atoms with E-state index in [1.54, 1.807) is 18.7 Å². The van der Waals surface area contributed by atoms with Gasteiger partial charge >= 0.3 is 0 Å². The van der Waals surface area contributed by atoms with Gasteiger partial charge in [-0.3, -0.25) is 4.79 Å². The predicted octanol–water partition coefficient (Wildman–Crippen LogP) is 0.326. The van der Waals surface area contributed by atoms with Crippen LogP contribution in [-0.2, 0) is 14.8 Å². The zero-order valence-electron chi connectivity index (χ0n) is 10.2. The lowest BCUT2D eigenvalue weighted by atomic mass is 10.2. The summed E-state index contributed by atoms with van der Waals surface area (Å²) in [5.41, 5.74) is 0. The van der Waals surface area contributed by atoms with Crippen molar-refractivity contribution in [2.45, 2.75) is 38.3 Å². The molecule has 0 spiro atoms. The van der Waals surface area contributed by atoms with Crippen LogP contribution in [0.2, 0.25) is 0 Å². The third kappa shape index (κ3) is 5.74. The molecule has 5 nitrogen and oxygen atoms in total. The summed E-state index contributed by atoms with van der Waals surface area (Å²) < 4.78 is 25.4. The number of thioether (sulfide) groups is 1. The average molecular weight is 280 g/mol. The molecular weight excluding hydrogens is 260 g/mol. The first kappa shape index (κ1) is 14.8. The highest BCUT2D eigenvalue weighted by Crippen LogP contribution is 2.19. The maximum Gasteiger partial charge on any atom is 0.238 e. The summed E-state index contributed by atoms with van der Waals surface area (Å²) in [6, 6.07) is -0.376. The fourth-order valence-electron chi connectivity index (χ4n) is 1.31. The Bertz CT molecular complexity index is 353. The molecule has 1 fully saturated rings. The molecule has 1 amide bonds. The largest absolute Gasteiger partial charge is 0.352 e. The van der Waals surface area contributed by atoms with Crippen LogP contribution in [0.4, 0.5) is 0 Å². The van der Waals surface area contributed by atoms with Crippen LogP contribution in [0.1, 0.15) is 26.2 Å². The second-order valence-corrected chi connectivity index (χ2v) is 7.17. The van der Waals surface area contributed by atoms with Gasteiger partial charge in [-0.15, -0.1) is 0 Å². The molecule has 0 aliphatic heterocycles. The fourth-order valence-corrected chi connectivity index (χ4v) is 2.61. The normalized spacial score (nSPS) is 17.8. The second-order valence-electron chi connectivity index (χ2n) is 4.14. The van der Waals surface area contributed by atoms with E-state index in [0.717, 1.165) is 18.6 Å². The van der Waals surface area contributed by atoms with Gasteiger partial charge in [0.15, 0.2) is 0 Å². The minimum atomic E-state index is -3.33. The molecule has 1 saturated carbocycles. The summed E-state index contributed by atoms with van der Waals surface area (Å²) in [5.74, 6) is 0.563. The van der Waals surface area contributed by atoms with Gasteiger partial charge in [-0.2, -0.15) is 11.8 Å². The van der Waals surface area contributed by atoms with E-state index in [9.17, 15) is 13.2 Å². The monoisotopic (exact) mass is 280 g/mol. The summed E-state index contributed by atoms with van der Waals surface area (Å²) >= 11 is 1.60. The van der Waals surface area contributed by atoms with Crippen LogP contribution < -0.4 is 10.0 Å². The van der Waals surface area contributed by atoms with E-state index in [1.165, 1.54) is 0 Å². The molecule has 0 aromatic carbocycles. The number of carbonyl (C=O) groups excluding carboxylic acids is 1. The van der Waals surface area contributed by atoms with Crippen molar-refractivity contribution in [2.75, 3.05) is 17.8 Å². The molecule has 0 heterocycles. The molecule has 2 N–H and O–H groups in total. The Morgan fingerprint density at radius 1 is 1.47 bits per heavy atom. The van der Waals surface area contributed by atoms with Gasteiger partial charge in [0, 0.05) is 6.04 Å². The highest BCUT2D eigenvalue weighted by Gasteiger charge is 2.29. The number of rotatable bonds is 8. The Morgan fingerprint density at radius 3 is 2.59 bits per heavy atom. The molecule has 7 heteroatoms. The molecule has 17 heavy (non-hydrogen) atoms. The highest BCUT2D eigenvalue weighted by atomic mass is 32.2. The van der Waals surface area contributed by atoms with Crippen molar-refractivity contribution in [3.8, 4) is 0 Å². The van der Waals surface area contributed by atoms with E-state index in [2.05, 4.69) is 10.0 Å². The highest BCUT2D eigenvalue weighted by molar-refractivity contribution is 7.98.